The third kappa shape index (κ3) is 4.18. The Morgan fingerprint density at radius 2 is 2.04 bits per heavy atom. The van der Waals surface area contributed by atoms with Crippen LogP contribution in [0.2, 0.25) is 0 Å². The highest BCUT2D eigenvalue weighted by atomic mass is 16.3. The first kappa shape index (κ1) is 19.0. The van der Waals surface area contributed by atoms with Gasteiger partial charge in [0.2, 0.25) is 5.91 Å². The zero-order chi connectivity index (χ0) is 18.1. The fraction of sp³-hybridized carbons (Fsp3) is 0.789. The van der Waals surface area contributed by atoms with Gasteiger partial charge in [-0.2, -0.15) is 5.10 Å². The van der Waals surface area contributed by atoms with Crippen molar-refractivity contribution >= 4 is 5.91 Å². The summed E-state index contributed by atoms with van der Waals surface area (Å²) in [6.45, 7) is 13.8. The van der Waals surface area contributed by atoms with Crippen LogP contribution in [-0.2, 0) is 17.8 Å². The van der Waals surface area contributed by atoms with E-state index in [9.17, 15) is 9.90 Å². The molecule has 0 spiro atoms. The van der Waals surface area contributed by atoms with Crippen LogP contribution < -0.4 is 0 Å². The summed E-state index contributed by atoms with van der Waals surface area (Å²) < 4.78 is 2.06. The van der Waals surface area contributed by atoms with Gasteiger partial charge in [-0.25, -0.2) is 0 Å². The Hall–Kier alpha value is -1.36. The smallest absolute Gasteiger partial charge is 0.223 e. The second kappa shape index (κ2) is 7.26. The molecule has 5 heteroatoms. The Bertz CT molecular complexity index is 584. The van der Waals surface area contributed by atoms with Crippen molar-refractivity contribution in [3.63, 3.8) is 0 Å². The van der Waals surface area contributed by atoms with Crippen molar-refractivity contribution < 1.29 is 9.90 Å². The van der Waals surface area contributed by atoms with Crippen molar-refractivity contribution in [1.29, 1.82) is 0 Å². The highest BCUT2D eigenvalue weighted by molar-refractivity contribution is 5.77. The van der Waals surface area contributed by atoms with Crippen LogP contribution in [0.25, 0.3) is 0 Å². The number of aryl methyl sites for hydroxylation is 1. The van der Waals surface area contributed by atoms with E-state index in [-0.39, 0.29) is 11.9 Å². The van der Waals surface area contributed by atoms with Crippen molar-refractivity contribution in [3.8, 4) is 0 Å². The van der Waals surface area contributed by atoms with Crippen LogP contribution in [0.4, 0.5) is 0 Å². The third-order valence-electron chi connectivity index (χ3n) is 5.05. The van der Waals surface area contributed by atoms with E-state index in [4.69, 9.17) is 0 Å². The average molecular weight is 335 g/mol. The maximum atomic E-state index is 12.7. The second-order valence-corrected chi connectivity index (χ2v) is 8.12. The monoisotopic (exact) mass is 335 g/mol. The number of aliphatic hydroxyl groups is 1. The van der Waals surface area contributed by atoms with Gasteiger partial charge in [0.1, 0.15) is 0 Å². The van der Waals surface area contributed by atoms with E-state index >= 15 is 0 Å². The van der Waals surface area contributed by atoms with Crippen LogP contribution >= 0.6 is 0 Å². The van der Waals surface area contributed by atoms with Crippen molar-refractivity contribution in [3.05, 3.63) is 17.0 Å². The molecule has 1 amide bonds. The highest BCUT2D eigenvalue weighted by Crippen LogP contribution is 2.28. The first-order valence-corrected chi connectivity index (χ1v) is 9.16. The molecular weight excluding hydrogens is 302 g/mol. The molecule has 1 N–H and O–H groups in total. The number of rotatable bonds is 6. The molecule has 0 radical (unpaired) electrons. The van der Waals surface area contributed by atoms with Crippen LogP contribution in [0.3, 0.4) is 0 Å². The topological polar surface area (TPSA) is 58.4 Å². The van der Waals surface area contributed by atoms with Gasteiger partial charge in [-0.15, -0.1) is 0 Å². The number of amides is 1. The van der Waals surface area contributed by atoms with E-state index in [1.807, 2.05) is 11.8 Å². The number of aromatic nitrogens is 2. The predicted octanol–water partition coefficient (Wildman–Crippen LogP) is 2.85. The first-order chi connectivity index (χ1) is 11.1. The highest BCUT2D eigenvalue weighted by Gasteiger charge is 2.38. The Kier molecular flexibility index (Phi) is 5.74. The van der Waals surface area contributed by atoms with Crippen LogP contribution in [0.5, 0.6) is 0 Å². The molecule has 1 aliphatic heterocycles. The van der Waals surface area contributed by atoms with Gasteiger partial charge in [0.15, 0.2) is 0 Å². The van der Waals surface area contributed by atoms with Crippen LogP contribution in [0, 0.1) is 19.8 Å². The number of carbonyl (C=O) groups is 1. The van der Waals surface area contributed by atoms with Gasteiger partial charge >= 0.3 is 0 Å². The summed E-state index contributed by atoms with van der Waals surface area (Å²) in [5, 5.41) is 14.9. The molecule has 0 aliphatic carbocycles. The lowest BCUT2D eigenvalue weighted by Gasteiger charge is -2.34. The molecule has 5 nitrogen and oxygen atoms in total. The molecule has 2 heterocycles. The van der Waals surface area contributed by atoms with E-state index < -0.39 is 5.60 Å². The largest absolute Gasteiger partial charge is 0.388 e. The molecule has 1 unspecified atom stereocenters. The van der Waals surface area contributed by atoms with E-state index in [0.717, 1.165) is 38.0 Å². The lowest BCUT2D eigenvalue weighted by Crippen LogP contribution is -2.48. The van der Waals surface area contributed by atoms with Crippen molar-refractivity contribution in [1.82, 2.24) is 14.7 Å². The Morgan fingerprint density at radius 1 is 1.38 bits per heavy atom. The molecule has 1 aromatic heterocycles. The van der Waals surface area contributed by atoms with Crippen molar-refractivity contribution in [2.75, 3.05) is 6.54 Å². The van der Waals surface area contributed by atoms with Crippen molar-refractivity contribution in [2.24, 2.45) is 5.92 Å². The zero-order valence-electron chi connectivity index (χ0n) is 16.1. The second-order valence-electron chi connectivity index (χ2n) is 8.12. The molecule has 0 bridgehead atoms. The van der Waals surface area contributed by atoms with Crippen LogP contribution in [-0.4, -0.2) is 43.9 Å². The Labute approximate surface area is 146 Å². The molecule has 1 fully saturated rings. The maximum absolute atomic E-state index is 12.7. The van der Waals surface area contributed by atoms with E-state index in [2.05, 4.69) is 30.6 Å². The fourth-order valence-corrected chi connectivity index (χ4v) is 3.79. The molecule has 136 valence electrons. The molecule has 1 saturated heterocycles. The quantitative estimate of drug-likeness (QED) is 0.869. The molecule has 1 aliphatic rings. The minimum absolute atomic E-state index is 0.0594. The molecule has 24 heavy (non-hydrogen) atoms. The van der Waals surface area contributed by atoms with Gasteiger partial charge in [-0.1, -0.05) is 13.8 Å². The zero-order valence-corrected chi connectivity index (χ0v) is 16.1. The summed E-state index contributed by atoms with van der Waals surface area (Å²) in [4.78, 5) is 14.5. The number of carbonyl (C=O) groups excluding carboxylic acids is 1. The standard InChI is InChI=1S/C19H33N3O2/c1-13(2)12-22-15(4)16(14(3)20-22)9-10-18(23)21-11-7-8-17(21)19(5,6)24/h13,17,24H,7-12H2,1-6H3. The van der Waals surface area contributed by atoms with E-state index in [1.54, 1.807) is 13.8 Å². The lowest BCUT2D eigenvalue weighted by atomic mass is 9.96. The maximum Gasteiger partial charge on any atom is 0.223 e. The minimum atomic E-state index is -0.833. The van der Waals surface area contributed by atoms with Crippen LogP contribution in [0.1, 0.15) is 63.9 Å². The summed E-state index contributed by atoms with van der Waals surface area (Å²) in [5.74, 6) is 0.699. The molecule has 1 aromatic rings. The SMILES string of the molecule is Cc1nn(CC(C)C)c(C)c1CCC(=O)N1CCCC1C(C)(C)O. The Morgan fingerprint density at radius 3 is 2.62 bits per heavy atom. The first-order valence-electron chi connectivity index (χ1n) is 9.16. The number of likely N-dealkylation sites (tertiary alicyclic amines) is 1. The molecule has 0 saturated carbocycles. The van der Waals surface area contributed by atoms with Gasteiger partial charge in [-0.3, -0.25) is 9.48 Å². The normalized spacial score (nSPS) is 18.7. The molecule has 0 aromatic carbocycles. The average Bonchev–Trinajstić information content (AvgIpc) is 3.03. The number of hydrogen-bond acceptors (Lipinski definition) is 3. The summed E-state index contributed by atoms with van der Waals surface area (Å²) in [7, 11) is 0. The molecular formula is C19H33N3O2. The van der Waals surface area contributed by atoms with Gasteiger partial charge in [-0.05, 0) is 58.4 Å². The Balaban J connectivity index is 2.03. The summed E-state index contributed by atoms with van der Waals surface area (Å²) in [6, 6.07) is -0.0594. The summed E-state index contributed by atoms with van der Waals surface area (Å²) in [6.07, 6.45) is 3.08. The van der Waals surface area contributed by atoms with Gasteiger partial charge in [0.25, 0.3) is 0 Å². The van der Waals surface area contributed by atoms with E-state index in [1.165, 1.54) is 11.3 Å². The van der Waals surface area contributed by atoms with Crippen LogP contribution in [0.15, 0.2) is 0 Å². The number of nitrogens with zero attached hydrogens (tertiary/aromatic N) is 3. The van der Waals surface area contributed by atoms with Gasteiger partial charge in [0.05, 0.1) is 17.3 Å². The number of hydrogen-bond donors (Lipinski definition) is 1. The summed E-state index contributed by atoms with van der Waals surface area (Å²) in [5.41, 5.74) is 2.57. The van der Waals surface area contributed by atoms with Gasteiger partial charge < -0.3 is 10.0 Å². The van der Waals surface area contributed by atoms with Crippen molar-refractivity contribution in [2.45, 2.75) is 85.4 Å². The third-order valence-corrected chi connectivity index (χ3v) is 5.05. The fourth-order valence-electron chi connectivity index (χ4n) is 3.79. The predicted molar refractivity (Wildman–Crippen MR) is 95.9 cm³/mol. The lowest BCUT2D eigenvalue weighted by molar-refractivity contribution is -0.136. The van der Waals surface area contributed by atoms with Gasteiger partial charge in [0, 0.05) is 25.2 Å². The van der Waals surface area contributed by atoms with E-state index in [0.29, 0.717) is 12.3 Å². The summed E-state index contributed by atoms with van der Waals surface area (Å²) >= 11 is 0. The molecule has 1 atom stereocenters. The minimum Gasteiger partial charge on any atom is -0.388 e. The molecule has 2 rings (SSSR count).